The van der Waals surface area contributed by atoms with Crippen LogP contribution in [0.2, 0.25) is 5.02 Å². The van der Waals surface area contributed by atoms with Crippen LogP contribution in [0.1, 0.15) is 25.0 Å². The van der Waals surface area contributed by atoms with Gasteiger partial charge < -0.3 is 0 Å². The molecular weight excluding hydrogens is 312 g/mol. The minimum absolute atomic E-state index is 0.126. The second kappa shape index (κ2) is 7.79. The van der Waals surface area contributed by atoms with E-state index in [2.05, 4.69) is 10.5 Å². The monoisotopic (exact) mass is 330 g/mol. The molecule has 0 saturated heterocycles. The van der Waals surface area contributed by atoms with Crippen molar-refractivity contribution in [2.75, 3.05) is 5.32 Å². The minimum Gasteiger partial charge on any atom is -0.297 e. The molecule has 0 spiro atoms. The van der Waals surface area contributed by atoms with Crippen LogP contribution in [0.4, 0.5) is 10.5 Å². The Kier molecular flexibility index (Phi) is 5.77. The smallest absolute Gasteiger partial charge is 0.297 e. The van der Waals surface area contributed by atoms with Gasteiger partial charge in [-0.05, 0) is 42.7 Å². The number of carbonyl (C=O) groups excluding carboxylic acids is 1. The van der Waals surface area contributed by atoms with E-state index < -0.39 is 6.09 Å². The average Bonchev–Trinajstić information content (AvgIpc) is 2.51. The van der Waals surface area contributed by atoms with Gasteiger partial charge in [-0.25, -0.2) is 4.79 Å². The van der Waals surface area contributed by atoms with Crippen LogP contribution in [0.25, 0.3) is 0 Å². The van der Waals surface area contributed by atoms with Gasteiger partial charge >= 0.3 is 6.09 Å². The normalized spacial score (nSPS) is 11.4. The number of rotatable bonds is 4. The van der Waals surface area contributed by atoms with Gasteiger partial charge in [0.15, 0.2) is 0 Å². The van der Waals surface area contributed by atoms with E-state index in [0.29, 0.717) is 10.7 Å². The number of benzene rings is 2. The first-order valence-electron chi connectivity index (χ1n) is 7.34. The van der Waals surface area contributed by atoms with Gasteiger partial charge in [-0.1, -0.05) is 60.4 Å². The zero-order valence-corrected chi connectivity index (χ0v) is 14.1. The summed E-state index contributed by atoms with van der Waals surface area (Å²) in [6.45, 7) is 6.02. The number of nitrogens with one attached hydrogen (secondary N) is 1. The predicted octanol–water partition coefficient (Wildman–Crippen LogP) is 5.26. The number of hydrogen-bond donors (Lipinski definition) is 1. The molecule has 0 fully saturated rings. The summed E-state index contributed by atoms with van der Waals surface area (Å²) >= 11 is 5.80. The Morgan fingerprint density at radius 3 is 2.26 bits per heavy atom. The lowest BCUT2D eigenvalue weighted by Crippen LogP contribution is -2.15. The molecule has 2 aromatic carbocycles. The number of hydrogen-bond acceptors (Lipinski definition) is 3. The Bertz CT molecular complexity index is 692. The summed E-state index contributed by atoms with van der Waals surface area (Å²) in [6, 6.07) is 14.7. The van der Waals surface area contributed by atoms with Crippen LogP contribution >= 0.6 is 11.6 Å². The van der Waals surface area contributed by atoms with E-state index in [-0.39, 0.29) is 5.92 Å². The molecule has 0 atom stereocenters. The van der Waals surface area contributed by atoms with E-state index in [1.165, 1.54) is 5.56 Å². The van der Waals surface area contributed by atoms with Gasteiger partial charge in [0.05, 0.1) is 5.71 Å². The second-order valence-corrected chi connectivity index (χ2v) is 5.94. The van der Waals surface area contributed by atoms with Crippen molar-refractivity contribution in [2.24, 2.45) is 11.1 Å². The number of oxime groups is 1. The van der Waals surface area contributed by atoms with Crippen molar-refractivity contribution in [3.05, 3.63) is 64.7 Å². The lowest BCUT2D eigenvalue weighted by Gasteiger charge is -2.10. The van der Waals surface area contributed by atoms with Crippen LogP contribution in [-0.4, -0.2) is 11.8 Å². The fourth-order valence-corrected chi connectivity index (χ4v) is 2.11. The third-order valence-electron chi connectivity index (χ3n) is 3.21. The maximum absolute atomic E-state index is 11.8. The van der Waals surface area contributed by atoms with E-state index in [1.807, 2.05) is 45.0 Å². The SMILES string of the molecule is Cc1ccc(C(=NOC(=O)Nc2ccc(Cl)cc2)C(C)C)cc1. The van der Waals surface area contributed by atoms with Gasteiger partial charge in [-0.2, -0.15) is 0 Å². The standard InChI is InChI=1S/C18H19ClN2O2/c1-12(2)17(14-6-4-13(3)5-7-14)21-23-18(22)20-16-10-8-15(19)9-11-16/h4-12H,1-3H3,(H,20,22). The van der Waals surface area contributed by atoms with E-state index in [1.54, 1.807) is 24.3 Å². The Hall–Kier alpha value is -2.33. The van der Waals surface area contributed by atoms with Gasteiger partial charge in [-0.3, -0.25) is 10.2 Å². The molecule has 0 radical (unpaired) electrons. The number of anilines is 1. The van der Waals surface area contributed by atoms with E-state index in [4.69, 9.17) is 16.4 Å². The minimum atomic E-state index is -0.641. The molecule has 0 aliphatic carbocycles. The van der Waals surface area contributed by atoms with Gasteiger partial charge in [0, 0.05) is 10.7 Å². The van der Waals surface area contributed by atoms with Crippen LogP contribution in [0.15, 0.2) is 53.7 Å². The Morgan fingerprint density at radius 2 is 1.70 bits per heavy atom. The van der Waals surface area contributed by atoms with E-state index >= 15 is 0 Å². The summed E-state index contributed by atoms with van der Waals surface area (Å²) in [5.41, 5.74) is 3.41. The molecule has 23 heavy (non-hydrogen) atoms. The molecule has 0 heterocycles. The summed E-state index contributed by atoms with van der Waals surface area (Å²) in [5.74, 6) is 0.126. The van der Waals surface area contributed by atoms with Crippen molar-refractivity contribution in [1.29, 1.82) is 0 Å². The Morgan fingerprint density at radius 1 is 1.09 bits per heavy atom. The van der Waals surface area contributed by atoms with Crippen molar-refractivity contribution in [3.63, 3.8) is 0 Å². The first-order valence-corrected chi connectivity index (χ1v) is 7.72. The third kappa shape index (κ3) is 5.11. The summed E-state index contributed by atoms with van der Waals surface area (Å²) in [6.07, 6.45) is -0.641. The van der Waals surface area contributed by atoms with Crippen LogP contribution in [-0.2, 0) is 4.84 Å². The molecule has 1 amide bonds. The molecule has 0 aliphatic rings. The second-order valence-electron chi connectivity index (χ2n) is 5.51. The van der Waals surface area contributed by atoms with Gasteiger partial charge in [0.2, 0.25) is 0 Å². The number of aryl methyl sites for hydroxylation is 1. The molecule has 2 rings (SSSR count). The van der Waals surface area contributed by atoms with Crippen LogP contribution in [0.3, 0.4) is 0 Å². The Balaban J connectivity index is 2.06. The van der Waals surface area contributed by atoms with Crippen molar-refractivity contribution in [2.45, 2.75) is 20.8 Å². The molecule has 2 aromatic rings. The van der Waals surface area contributed by atoms with E-state index in [0.717, 1.165) is 11.3 Å². The highest BCUT2D eigenvalue weighted by atomic mass is 35.5. The maximum Gasteiger partial charge on any atom is 0.437 e. The molecule has 1 N–H and O–H groups in total. The molecular formula is C18H19ClN2O2. The molecule has 0 unspecified atom stereocenters. The highest BCUT2D eigenvalue weighted by Crippen LogP contribution is 2.14. The van der Waals surface area contributed by atoms with Crippen LogP contribution in [0.5, 0.6) is 0 Å². The third-order valence-corrected chi connectivity index (χ3v) is 3.46. The van der Waals surface area contributed by atoms with Crippen LogP contribution in [0, 0.1) is 12.8 Å². The first kappa shape index (κ1) is 17.0. The number of carbonyl (C=O) groups is 1. The molecule has 5 heteroatoms. The average molecular weight is 331 g/mol. The topological polar surface area (TPSA) is 50.7 Å². The molecule has 0 saturated carbocycles. The van der Waals surface area contributed by atoms with Crippen LogP contribution < -0.4 is 5.32 Å². The number of amides is 1. The van der Waals surface area contributed by atoms with Gasteiger partial charge in [0.25, 0.3) is 0 Å². The van der Waals surface area contributed by atoms with Gasteiger partial charge in [0.1, 0.15) is 0 Å². The van der Waals surface area contributed by atoms with E-state index in [9.17, 15) is 4.79 Å². The largest absolute Gasteiger partial charge is 0.437 e. The predicted molar refractivity (Wildman–Crippen MR) is 94.1 cm³/mol. The van der Waals surface area contributed by atoms with Crippen molar-refractivity contribution < 1.29 is 9.63 Å². The number of nitrogens with zero attached hydrogens (tertiary/aromatic N) is 1. The maximum atomic E-state index is 11.8. The fraction of sp³-hybridized carbons (Fsp3) is 0.222. The summed E-state index contributed by atoms with van der Waals surface area (Å²) < 4.78 is 0. The summed E-state index contributed by atoms with van der Waals surface area (Å²) in [7, 11) is 0. The first-order chi connectivity index (χ1) is 11.0. The van der Waals surface area contributed by atoms with Crippen molar-refractivity contribution in [3.8, 4) is 0 Å². The molecule has 0 bridgehead atoms. The van der Waals surface area contributed by atoms with Crippen molar-refractivity contribution in [1.82, 2.24) is 0 Å². The lowest BCUT2D eigenvalue weighted by molar-refractivity contribution is 0.166. The summed E-state index contributed by atoms with van der Waals surface area (Å²) in [5, 5.41) is 7.21. The molecule has 4 nitrogen and oxygen atoms in total. The van der Waals surface area contributed by atoms with Crippen molar-refractivity contribution >= 4 is 29.1 Å². The lowest BCUT2D eigenvalue weighted by atomic mass is 9.99. The number of halogens is 1. The fourth-order valence-electron chi connectivity index (χ4n) is 1.98. The Labute approximate surface area is 141 Å². The zero-order valence-electron chi connectivity index (χ0n) is 13.3. The quantitative estimate of drug-likeness (QED) is 0.472. The summed E-state index contributed by atoms with van der Waals surface area (Å²) in [4.78, 5) is 16.8. The molecule has 0 aliphatic heterocycles. The highest BCUT2D eigenvalue weighted by molar-refractivity contribution is 6.30. The zero-order chi connectivity index (χ0) is 16.8. The molecule has 0 aromatic heterocycles. The molecule has 120 valence electrons. The highest BCUT2D eigenvalue weighted by Gasteiger charge is 2.11. The van der Waals surface area contributed by atoms with Gasteiger partial charge in [-0.15, -0.1) is 0 Å².